The number of fused-ring (bicyclic) bond motifs is 1. The van der Waals surface area contributed by atoms with Gasteiger partial charge in [-0.3, -0.25) is 14.4 Å². The van der Waals surface area contributed by atoms with Crippen LogP contribution in [0, 0.1) is 0 Å². The topological polar surface area (TPSA) is 96.6 Å². The molecule has 6 nitrogen and oxygen atoms in total. The molecule has 0 bridgehead atoms. The third kappa shape index (κ3) is 2.48. The molecular weight excluding hydrogens is 350 g/mol. The molecule has 0 saturated heterocycles. The number of carboxylic acids is 1. The van der Waals surface area contributed by atoms with Crippen molar-refractivity contribution in [2.45, 2.75) is 12.8 Å². The molecule has 2 heterocycles. The summed E-state index contributed by atoms with van der Waals surface area (Å²) in [4.78, 5) is 34.6. The van der Waals surface area contributed by atoms with E-state index in [0.717, 1.165) is 0 Å². The van der Waals surface area contributed by atoms with Crippen LogP contribution in [0.5, 0.6) is 5.75 Å². The summed E-state index contributed by atoms with van der Waals surface area (Å²) in [5.41, 5.74) is -0.467. The van der Waals surface area contributed by atoms with E-state index in [4.69, 9.17) is 5.11 Å². The Morgan fingerprint density at radius 1 is 1.40 bits per heavy atom. The highest BCUT2D eigenvalue weighted by Gasteiger charge is 2.22. The molecule has 0 spiro atoms. The van der Waals surface area contributed by atoms with E-state index in [9.17, 15) is 19.5 Å². The maximum Gasteiger partial charge on any atom is 0.303 e. The van der Waals surface area contributed by atoms with Crippen molar-refractivity contribution in [3.05, 3.63) is 25.8 Å². The number of carbonyl (C=O) groups is 2. The highest BCUT2D eigenvalue weighted by molar-refractivity contribution is 9.11. The first-order chi connectivity index (χ1) is 9.32. The number of ketones is 1. The first-order valence-electron chi connectivity index (χ1n) is 5.59. The molecule has 0 aliphatic heterocycles. The molecule has 0 aromatic carbocycles. The molecular formula is C12H10BrNO5S. The quantitative estimate of drug-likeness (QED) is 0.815. The zero-order valence-corrected chi connectivity index (χ0v) is 12.7. The average molecular weight is 360 g/mol. The Morgan fingerprint density at radius 3 is 2.65 bits per heavy atom. The van der Waals surface area contributed by atoms with Crippen molar-refractivity contribution in [2.24, 2.45) is 7.05 Å². The van der Waals surface area contributed by atoms with Crippen LogP contribution in [0.15, 0.2) is 14.6 Å². The van der Waals surface area contributed by atoms with Crippen LogP contribution >= 0.6 is 27.3 Å². The Balaban J connectivity index is 2.61. The average Bonchev–Trinajstić information content (AvgIpc) is 2.76. The number of rotatable bonds is 4. The second kappa shape index (κ2) is 5.37. The van der Waals surface area contributed by atoms with Crippen molar-refractivity contribution in [1.29, 1.82) is 0 Å². The lowest BCUT2D eigenvalue weighted by Gasteiger charge is -2.07. The molecule has 8 heteroatoms. The van der Waals surface area contributed by atoms with Gasteiger partial charge in [0.15, 0.2) is 11.5 Å². The second-order valence-corrected chi connectivity index (χ2v) is 6.60. The van der Waals surface area contributed by atoms with Crippen molar-refractivity contribution in [3.8, 4) is 5.75 Å². The Hall–Kier alpha value is -1.67. The van der Waals surface area contributed by atoms with Gasteiger partial charge in [0.05, 0.1) is 20.4 Å². The standard InChI is InChI=1S/C12H10BrNO5S/c1-14-5-4-7(13)20-11(5)10(18)9(12(14)19)6(15)2-3-8(16)17/h4,18H,2-3H2,1H3,(H,16,17). The summed E-state index contributed by atoms with van der Waals surface area (Å²) in [7, 11) is 1.50. The summed E-state index contributed by atoms with van der Waals surface area (Å²) in [5.74, 6) is -2.18. The van der Waals surface area contributed by atoms with Gasteiger partial charge in [0, 0.05) is 13.5 Å². The fourth-order valence-electron chi connectivity index (χ4n) is 1.86. The fraction of sp³-hybridized carbons (Fsp3) is 0.250. The van der Waals surface area contributed by atoms with Gasteiger partial charge in [0.1, 0.15) is 5.56 Å². The Bertz CT molecular complexity index is 776. The minimum absolute atomic E-state index is 0.323. The van der Waals surface area contributed by atoms with Crippen LogP contribution in [0.4, 0.5) is 0 Å². The third-order valence-corrected chi connectivity index (χ3v) is 4.49. The van der Waals surface area contributed by atoms with Gasteiger partial charge < -0.3 is 14.8 Å². The molecule has 0 aliphatic carbocycles. The molecule has 0 unspecified atom stereocenters. The van der Waals surface area contributed by atoms with Crippen LogP contribution in [0.25, 0.3) is 10.2 Å². The van der Waals surface area contributed by atoms with Crippen LogP contribution in [0.2, 0.25) is 0 Å². The molecule has 2 aromatic heterocycles. The normalized spacial score (nSPS) is 10.9. The number of hydrogen-bond acceptors (Lipinski definition) is 5. The number of aromatic nitrogens is 1. The summed E-state index contributed by atoms with van der Waals surface area (Å²) in [6, 6.07) is 1.67. The number of aromatic hydroxyl groups is 1. The predicted molar refractivity (Wildman–Crippen MR) is 77.6 cm³/mol. The molecule has 0 fully saturated rings. The molecule has 0 aliphatic rings. The van der Waals surface area contributed by atoms with Gasteiger partial charge in [-0.05, 0) is 22.0 Å². The van der Waals surface area contributed by atoms with Crippen molar-refractivity contribution in [3.63, 3.8) is 0 Å². The zero-order valence-electron chi connectivity index (χ0n) is 10.3. The number of aryl methyl sites for hydroxylation is 1. The molecule has 20 heavy (non-hydrogen) atoms. The lowest BCUT2D eigenvalue weighted by Crippen LogP contribution is -2.24. The van der Waals surface area contributed by atoms with Gasteiger partial charge in [0.25, 0.3) is 5.56 Å². The molecule has 2 rings (SSSR count). The highest BCUT2D eigenvalue weighted by atomic mass is 79.9. The SMILES string of the molecule is Cn1c(=O)c(C(=O)CCC(=O)O)c(O)c2sc(Br)cc21. The molecule has 2 N–H and O–H groups in total. The van der Waals surface area contributed by atoms with Crippen molar-refractivity contribution >= 4 is 49.2 Å². The first kappa shape index (κ1) is 14.7. The second-order valence-electron chi connectivity index (χ2n) is 4.17. The zero-order chi connectivity index (χ0) is 15.0. The van der Waals surface area contributed by atoms with Crippen LogP contribution in [0.3, 0.4) is 0 Å². The molecule has 106 valence electrons. The van der Waals surface area contributed by atoms with E-state index in [-0.39, 0.29) is 24.2 Å². The minimum atomic E-state index is -1.13. The summed E-state index contributed by atoms with van der Waals surface area (Å²) in [5, 5.41) is 18.7. The van der Waals surface area contributed by atoms with Crippen LogP contribution < -0.4 is 5.56 Å². The highest BCUT2D eigenvalue weighted by Crippen LogP contribution is 2.36. The maximum absolute atomic E-state index is 12.1. The number of aliphatic carboxylic acids is 1. The third-order valence-electron chi connectivity index (χ3n) is 2.86. The number of halogens is 1. The number of pyridine rings is 1. The van der Waals surface area contributed by atoms with Gasteiger partial charge >= 0.3 is 5.97 Å². The number of carbonyl (C=O) groups excluding carboxylic acids is 1. The monoisotopic (exact) mass is 359 g/mol. The largest absolute Gasteiger partial charge is 0.505 e. The van der Waals surface area contributed by atoms with Gasteiger partial charge in [-0.1, -0.05) is 0 Å². The van der Waals surface area contributed by atoms with Gasteiger partial charge in [-0.15, -0.1) is 11.3 Å². The predicted octanol–water partition coefficient (Wildman–Crippen LogP) is 2.12. The Morgan fingerprint density at radius 2 is 2.05 bits per heavy atom. The van der Waals surface area contributed by atoms with Crippen molar-refractivity contribution < 1.29 is 19.8 Å². The van der Waals surface area contributed by atoms with Crippen molar-refractivity contribution in [1.82, 2.24) is 4.57 Å². The summed E-state index contributed by atoms with van der Waals surface area (Å²) >= 11 is 4.45. The van der Waals surface area contributed by atoms with Gasteiger partial charge in [-0.25, -0.2) is 0 Å². The molecule has 0 atom stereocenters. The molecule has 0 saturated carbocycles. The molecule has 0 amide bonds. The van der Waals surface area contributed by atoms with E-state index in [0.29, 0.717) is 14.0 Å². The first-order valence-corrected chi connectivity index (χ1v) is 7.20. The number of nitrogens with zero attached hydrogens (tertiary/aromatic N) is 1. The van der Waals surface area contributed by atoms with E-state index in [1.54, 1.807) is 6.07 Å². The van der Waals surface area contributed by atoms with Crippen LogP contribution in [-0.2, 0) is 11.8 Å². The summed E-state index contributed by atoms with van der Waals surface area (Å²) in [6.45, 7) is 0. The van der Waals surface area contributed by atoms with E-state index >= 15 is 0 Å². The van der Waals surface area contributed by atoms with Gasteiger partial charge in [-0.2, -0.15) is 0 Å². The number of thiophene rings is 1. The lowest BCUT2D eigenvalue weighted by molar-refractivity contribution is -0.136. The summed E-state index contributed by atoms with van der Waals surface area (Å²) < 4.78 is 2.40. The summed E-state index contributed by atoms with van der Waals surface area (Å²) in [6.07, 6.45) is -0.705. The van der Waals surface area contributed by atoms with E-state index in [2.05, 4.69) is 15.9 Å². The van der Waals surface area contributed by atoms with Crippen molar-refractivity contribution in [2.75, 3.05) is 0 Å². The Labute approximate surface area is 125 Å². The van der Waals surface area contributed by atoms with Crippen LogP contribution in [-0.4, -0.2) is 26.5 Å². The van der Waals surface area contributed by atoms with Crippen LogP contribution in [0.1, 0.15) is 23.2 Å². The number of hydrogen-bond donors (Lipinski definition) is 2. The minimum Gasteiger partial charge on any atom is -0.505 e. The van der Waals surface area contributed by atoms with Gasteiger partial charge in [0.2, 0.25) is 0 Å². The van der Waals surface area contributed by atoms with E-state index in [1.165, 1.54) is 23.0 Å². The van der Waals surface area contributed by atoms with E-state index < -0.39 is 17.3 Å². The molecule has 0 radical (unpaired) electrons. The fourth-order valence-corrected chi connectivity index (χ4v) is 3.43. The van der Waals surface area contributed by atoms with E-state index in [1.807, 2.05) is 0 Å². The lowest BCUT2D eigenvalue weighted by atomic mass is 10.1. The maximum atomic E-state index is 12.1. The number of carboxylic acid groups (broad SMARTS) is 1. The number of Topliss-reactive ketones (excluding diaryl/α,β-unsaturated/α-hetero) is 1. The molecule has 2 aromatic rings. The smallest absolute Gasteiger partial charge is 0.303 e. The Kier molecular flexibility index (Phi) is 3.96.